The Bertz CT molecular complexity index is 803. The highest BCUT2D eigenvalue weighted by Gasteiger charge is 2.39. The number of benzene rings is 2. The van der Waals surface area contributed by atoms with Gasteiger partial charge in [-0.25, -0.2) is 0 Å². The van der Waals surface area contributed by atoms with Gasteiger partial charge in [-0.05, 0) is 46.5 Å². The van der Waals surface area contributed by atoms with Crippen molar-refractivity contribution >= 4 is 6.08 Å². The van der Waals surface area contributed by atoms with E-state index in [1.54, 1.807) is 7.11 Å². The first-order valence-electron chi connectivity index (χ1n) is 7.81. The molecule has 3 heteroatoms. The molecule has 5 rings (SSSR count). The molecule has 1 heterocycles. The normalized spacial score (nSPS) is 22.4. The number of allylic oxidation sites excluding steroid dienone is 3. The van der Waals surface area contributed by atoms with Crippen LogP contribution in [-0.4, -0.2) is 13.9 Å². The molecule has 3 nitrogen and oxygen atoms in total. The summed E-state index contributed by atoms with van der Waals surface area (Å²) in [6.07, 6.45) is 6.89. The molecule has 0 spiro atoms. The van der Waals surface area contributed by atoms with Crippen LogP contribution in [-0.2, 0) is 0 Å². The molecule has 0 radical (unpaired) electrons. The van der Waals surface area contributed by atoms with Crippen molar-refractivity contribution in [3.05, 3.63) is 70.8 Å². The van der Waals surface area contributed by atoms with Crippen LogP contribution in [0.5, 0.6) is 17.2 Å². The molecule has 0 N–H and O–H groups in total. The Balaban J connectivity index is 1.55. The molecule has 3 aliphatic rings. The fourth-order valence-electron chi connectivity index (χ4n) is 3.79. The Labute approximate surface area is 134 Å². The summed E-state index contributed by atoms with van der Waals surface area (Å²) in [5.74, 6) is 3.33. The summed E-state index contributed by atoms with van der Waals surface area (Å²) in [6.45, 7) is 0.329. The van der Waals surface area contributed by atoms with E-state index in [0.29, 0.717) is 18.6 Å². The van der Waals surface area contributed by atoms with Gasteiger partial charge in [0.05, 0.1) is 7.11 Å². The van der Waals surface area contributed by atoms with Gasteiger partial charge >= 0.3 is 0 Å². The lowest BCUT2D eigenvalue weighted by atomic mass is 9.96. The van der Waals surface area contributed by atoms with Gasteiger partial charge in [-0.3, -0.25) is 0 Å². The molecule has 2 aromatic rings. The Morgan fingerprint density at radius 1 is 0.957 bits per heavy atom. The maximum Gasteiger partial charge on any atom is 0.231 e. The predicted molar refractivity (Wildman–Crippen MR) is 88.2 cm³/mol. The molecular weight excluding hydrogens is 288 g/mol. The van der Waals surface area contributed by atoms with Gasteiger partial charge in [-0.2, -0.15) is 0 Å². The van der Waals surface area contributed by atoms with Crippen molar-refractivity contribution in [1.29, 1.82) is 0 Å². The van der Waals surface area contributed by atoms with E-state index in [0.717, 1.165) is 17.2 Å². The maximum atomic E-state index is 5.53. The molecule has 0 aromatic heterocycles. The quantitative estimate of drug-likeness (QED) is 0.776. The molecule has 0 fully saturated rings. The fourth-order valence-corrected chi connectivity index (χ4v) is 3.79. The van der Waals surface area contributed by atoms with E-state index in [2.05, 4.69) is 42.5 Å². The van der Waals surface area contributed by atoms with Gasteiger partial charge in [-0.1, -0.05) is 30.4 Å². The van der Waals surface area contributed by atoms with E-state index in [-0.39, 0.29) is 0 Å². The van der Waals surface area contributed by atoms with E-state index < -0.39 is 0 Å². The number of ether oxygens (including phenoxy) is 3. The summed E-state index contributed by atoms with van der Waals surface area (Å²) in [7, 11) is 1.69. The smallest absolute Gasteiger partial charge is 0.231 e. The average Bonchev–Trinajstić information content (AvgIpc) is 3.27. The highest BCUT2D eigenvalue weighted by Crippen LogP contribution is 2.55. The van der Waals surface area contributed by atoms with Crippen LogP contribution in [0.15, 0.2) is 54.1 Å². The second-order valence-electron chi connectivity index (χ2n) is 6.09. The van der Waals surface area contributed by atoms with E-state index >= 15 is 0 Å². The van der Waals surface area contributed by atoms with Gasteiger partial charge in [0.15, 0.2) is 11.5 Å². The average molecular weight is 304 g/mol. The first-order chi connectivity index (χ1) is 11.3. The fraction of sp³-hybridized carbons (Fsp3) is 0.200. The van der Waals surface area contributed by atoms with E-state index in [1.165, 1.54) is 22.3 Å². The zero-order chi connectivity index (χ0) is 15.4. The van der Waals surface area contributed by atoms with Gasteiger partial charge in [-0.15, -0.1) is 0 Å². The lowest BCUT2D eigenvalue weighted by molar-refractivity contribution is 0.174. The number of hydrogen-bond donors (Lipinski definition) is 0. The van der Waals surface area contributed by atoms with Crippen LogP contribution >= 0.6 is 0 Å². The van der Waals surface area contributed by atoms with Crippen molar-refractivity contribution in [2.75, 3.05) is 13.9 Å². The summed E-state index contributed by atoms with van der Waals surface area (Å²) in [5.41, 5.74) is 5.32. The molecule has 2 bridgehead atoms. The van der Waals surface area contributed by atoms with E-state index in [1.807, 2.05) is 12.1 Å². The first kappa shape index (κ1) is 12.8. The maximum absolute atomic E-state index is 5.53. The number of hydrogen-bond acceptors (Lipinski definition) is 3. The zero-order valence-corrected chi connectivity index (χ0v) is 12.8. The van der Waals surface area contributed by atoms with Gasteiger partial charge in [0, 0.05) is 11.8 Å². The van der Waals surface area contributed by atoms with Crippen LogP contribution in [0.3, 0.4) is 0 Å². The number of fused-ring (bicyclic) bond motifs is 6. The standard InChI is InChI=1S/C20H16O3/c1-21-13-4-2-12(3-5-13)8-16-14-6-7-15(16)18-10-20-19(9-17(14)18)22-11-23-20/h2-10,14-15H,11H2,1H3. The summed E-state index contributed by atoms with van der Waals surface area (Å²) in [4.78, 5) is 0. The van der Waals surface area contributed by atoms with Crippen molar-refractivity contribution in [2.24, 2.45) is 0 Å². The zero-order valence-electron chi connectivity index (χ0n) is 12.8. The number of rotatable bonds is 2. The van der Waals surface area contributed by atoms with Crippen molar-refractivity contribution in [3.63, 3.8) is 0 Å². The molecule has 2 unspecified atom stereocenters. The molecule has 0 saturated heterocycles. The predicted octanol–water partition coefficient (Wildman–Crippen LogP) is 4.26. The Morgan fingerprint density at radius 2 is 1.57 bits per heavy atom. The van der Waals surface area contributed by atoms with E-state index in [4.69, 9.17) is 14.2 Å². The highest BCUT2D eigenvalue weighted by molar-refractivity contribution is 5.71. The van der Waals surface area contributed by atoms with Gasteiger partial charge in [0.25, 0.3) is 0 Å². The third-order valence-electron chi connectivity index (χ3n) is 4.91. The van der Waals surface area contributed by atoms with Crippen LogP contribution in [0.4, 0.5) is 0 Å². The monoisotopic (exact) mass is 304 g/mol. The molecule has 1 aliphatic heterocycles. The van der Waals surface area contributed by atoms with Crippen LogP contribution < -0.4 is 14.2 Å². The topological polar surface area (TPSA) is 27.7 Å². The third kappa shape index (κ3) is 1.83. The summed E-state index contributed by atoms with van der Waals surface area (Å²) in [5, 5.41) is 0. The van der Waals surface area contributed by atoms with Gasteiger partial charge in [0.2, 0.25) is 6.79 Å². The molecule has 2 aliphatic carbocycles. The molecule has 114 valence electrons. The SMILES string of the molecule is COc1ccc(C=C2C3C=CC2c2cc4c(cc23)OCO4)cc1. The highest BCUT2D eigenvalue weighted by atomic mass is 16.7. The lowest BCUT2D eigenvalue weighted by Gasteiger charge is -2.10. The summed E-state index contributed by atoms with van der Waals surface area (Å²) >= 11 is 0. The van der Waals surface area contributed by atoms with Crippen LogP contribution in [0.25, 0.3) is 6.08 Å². The lowest BCUT2D eigenvalue weighted by Crippen LogP contribution is -1.93. The summed E-state index contributed by atoms with van der Waals surface area (Å²) < 4.78 is 16.3. The van der Waals surface area contributed by atoms with Crippen molar-refractivity contribution in [3.8, 4) is 17.2 Å². The van der Waals surface area contributed by atoms with Crippen LogP contribution in [0.1, 0.15) is 28.5 Å². The Hall–Kier alpha value is -2.68. The molecule has 2 atom stereocenters. The molecule has 23 heavy (non-hydrogen) atoms. The van der Waals surface area contributed by atoms with Crippen LogP contribution in [0, 0.1) is 0 Å². The minimum absolute atomic E-state index is 0.329. The minimum atomic E-state index is 0.329. The first-order valence-corrected chi connectivity index (χ1v) is 7.81. The minimum Gasteiger partial charge on any atom is -0.497 e. The summed E-state index contributed by atoms with van der Waals surface area (Å²) in [6, 6.07) is 12.5. The number of methoxy groups -OCH3 is 1. The molecule has 0 amide bonds. The van der Waals surface area contributed by atoms with Crippen molar-refractivity contribution in [1.82, 2.24) is 0 Å². The Morgan fingerprint density at radius 3 is 2.13 bits per heavy atom. The van der Waals surface area contributed by atoms with Gasteiger partial charge < -0.3 is 14.2 Å². The second kappa shape index (κ2) is 4.66. The van der Waals surface area contributed by atoms with Gasteiger partial charge in [0.1, 0.15) is 5.75 Å². The Kier molecular flexibility index (Phi) is 2.60. The second-order valence-corrected chi connectivity index (χ2v) is 6.09. The van der Waals surface area contributed by atoms with E-state index in [9.17, 15) is 0 Å². The molecule has 2 aromatic carbocycles. The molecule has 0 saturated carbocycles. The molecular formula is C20H16O3. The third-order valence-corrected chi connectivity index (χ3v) is 4.91. The largest absolute Gasteiger partial charge is 0.497 e. The van der Waals surface area contributed by atoms with Crippen LogP contribution in [0.2, 0.25) is 0 Å². The van der Waals surface area contributed by atoms with Crippen molar-refractivity contribution < 1.29 is 14.2 Å². The van der Waals surface area contributed by atoms with Crippen molar-refractivity contribution in [2.45, 2.75) is 11.8 Å².